The van der Waals surface area contributed by atoms with Crippen molar-refractivity contribution in [3.8, 4) is 0 Å². The Morgan fingerprint density at radius 1 is 0.650 bits per heavy atom. The molecule has 2 atom stereocenters. The summed E-state index contributed by atoms with van der Waals surface area (Å²) in [4.78, 5) is 0. The molecule has 0 fully saturated rings. The molecule has 0 aromatic rings. The molecule has 0 saturated heterocycles. The fourth-order valence-electron chi connectivity index (χ4n) is 5.24. The van der Waals surface area contributed by atoms with Crippen molar-refractivity contribution in [2.45, 2.75) is 101 Å². The van der Waals surface area contributed by atoms with Crippen molar-refractivity contribution >= 4 is 36.9 Å². The maximum Gasteiger partial charge on any atom is 2.00 e. The van der Waals surface area contributed by atoms with E-state index in [1.54, 1.807) is 0 Å². The molecule has 40 heavy (non-hydrogen) atoms. The molecule has 4 aliphatic carbocycles. The van der Waals surface area contributed by atoms with Gasteiger partial charge in [0.25, 0.3) is 0 Å². The van der Waals surface area contributed by atoms with Crippen LogP contribution in [0.15, 0.2) is 83.1 Å². The van der Waals surface area contributed by atoms with Crippen LogP contribution in [-0.4, -0.2) is 23.9 Å². The minimum atomic E-state index is -1.15. The van der Waals surface area contributed by atoms with Crippen LogP contribution in [0.2, 0.25) is 39.3 Å². The summed E-state index contributed by atoms with van der Waals surface area (Å²) in [5, 5.41) is 0. The summed E-state index contributed by atoms with van der Waals surface area (Å²) in [5.41, 5.74) is 5.88. The summed E-state index contributed by atoms with van der Waals surface area (Å²) in [6.45, 7) is 19.3. The van der Waals surface area contributed by atoms with Crippen LogP contribution in [0.3, 0.4) is 0 Å². The molecular formula is C32H46Cl2S2Si2Ti2. The SMILES string of the molecule is CC1=CC=CCC1(CC1=[C-]CC=C1)S[Si](C)(C)C.CC1=CC=CCC1(CC1=[C-]CC=C1)S[Si](C)(C)C.[Cl-].[Cl-].[Ti+2].[Ti+2]. The van der Waals surface area contributed by atoms with Crippen LogP contribution >= 0.6 is 22.4 Å². The first-order chi connectivity index (χ1) is 16.8. The smallest absolute Gasteiger partial charge is 1.00 e. The number of hydrogen-bond acceptors (Lipinski definition) is 2. The monoisotopic (exact) mass is 716 g/mol. The summed E-state index contributed by atoms with van der Waals surface area (Å²) in [7, 11) is -2.31. The van der Waals surface area contributed by atoms with Crippen LogP contribution in [0.5, 0.6) is 0 Å². The Kier molecular flexibility index (Phi) is 20.3. The van der Waals surface area contributed by atoms with E-state index in [0.717, 1.165) is 25.7 Å². The van der Waals surface area contributed by atoms with Crippen molar-refractivity contribution < 1.29 is 68.2 Å². The van der Waals surface area contributed by atoms with E-state index in [0.29, 0.717) is 0 Å². The van der Waals surface area contributed by atoms with E-state index in [1.165, 1.54) is 35.1 Å². The van der Waals surface area contributed by atoms with Crippen molar-refractivity contribution in [3.63, 3.8) is 0 Å². The molecule has 8 heteroatoms. The third kappa shape index (κ3) is 13.4. The van der Waals surface area contributed by atoms with Crippen molar-refractivity contribution in [2.24, 2.45) is 0 Å². The maximum atomic E-state index is 3.49. The van der Waals surface area contributed by atoms with Gasteiger partial charge in [-0.3, -0.25) is 12.2 Å². The normalized spacial score (nSPS) is 24.6. The molecule has 0 aromatic heterocycles. The molecule has 0 nitrogen and oxygen atoms in total. The predicted octanol–water partition coefficient (Wildman–Crippen LogP) is 4.56. The minimum absolute atomic E-state index is 0. The summed E-state index contributed by atoms with van der Waals surface area (Å²) in [6.07, 6.45) is 36.3. The predicted molar refractivity (Wildman–Crippen MR) is 173 cm³/mol. The molecule has 0 saturated carbocycles. The van der Waals surface area contributed by atoms with E-state index in [2.05, 4.69) is 148 Å². The molecular weight excluding hydrogens is 671 g/mol. The van der Waals surface area contributed by atoms with Crippen LogP contribution in [0.1, 0.15) is 52.4 Å². The van der Waals surface area contributed by atoms with Gasteiger partial charge in [0.15, 0.2) is 0 Å². The van der Waals surface area contributed by atoms with E-state index < -0.39 is 14.4 Å². The van der Waals surface area contributed by atoms with Gasteiger partial charge < -0.3 is 24.8 Å². The Balaban J connectivity index is 0. The average molecular weight is 718 g/mol. The molecule has 0 heterocycles. The van der Waals surface area contributed by atoms with E-state index in [9.17, 15) is 0 Å². The summed E-state index contributed by atoms with van der Waals surface area (Å²) in [6, 6.07) is 0. The molecule has 4 rings (SSSR count). The van der Waals surface area contributed by atoms with Crippen molar-refractivity contribution in [1.29, 1.82) is 0 Å². The van der Waals surface area contributed by atoms with Crippen LogP contribution < -0.4 is 24.8 Å². The Bertz CT molecular complexity index is 976. The minimum Gasteiger partial charge on any atom is -1.00 e. The number of rotatable bonds is 8. The van der Waals surface area contributed by atoms with Crippen LogP contribution in [-0.2, 0) is 43.4 Å². The first-order valence-electron chi connectivity index (χ1n) is 13.4. The average Bonchev–Trinajstić information content (AvgIpc) is 3.45. The van der Waals surface area contributed by atoms with Gasteiger partial charge in [-0.15, -0.1) is 12.8 Å². The molecule has 0 bridgehead atoms. The van der Waals surface area contributed by atoms with Gasteiger partial charge in [0, 0.05) is 9.49 Å². The maximum absolute atomic E-state index is 3.49. The van der Waals surface area contributed by atoms with Crippen LogP contribution in [0.4, 0.5) is 0 Å². The van der Waals surface area contributed by atoms with Crippen molar-refractivity contribution in [2.75, 3.05) is 0 Å². The van der Waals surface area contributed by atoms with Gasteiger partial charge in [-0.25, -0.2) is 23.3 Å². The summed E-state index contributed by atoms with van der Waals surface area (Å²) >= 11 is 4.49. The molecule has 0 radical (unpaired) electrons. The Hall–Kier alpha value is 1.06. The van der Waals surface area contributed by atoms with Crippen molar-refractivity contribution in [3.05, 3.63) is 95.2 Å². The Labute approximate surface area is 298 Å². The first-order valence-corrected chi connectivity index (χ1v) is 23.5. The van der Waals surface area contributed by atoms with E-state index in [-0.39, 0.29) is 77.7 Å². The quantitative estimate of drug-likeness (QED) is 0.267. The standard InChI is InChI=1S/2C16H23SSi.2ClH.2Ti/c2*1-14-9-7-8-12-16(14,17-18(2,3)4)13-15-10-5-6-11-15;;;;/h2*5,7-10H,6,12-13H2,1-4H3;2*1H;;/q2*-1;;;2*+2/p-2. The Morgan fingerprint density at radius 2 is 1.00 bits per heavy atom. The van der Waals surface area contributed by atoms with Crippen LogP contribution in [0, 0.1) is 12.2 Å². The zero-order valence-corrected chi connectivity index (χ0v) is 33.9. The van der Waals surface area contributed by atoms with Crippen LogP contribution in [0.25, 0.3) is 0 Å². The number of allylic oxidation sites excluding steroid dienone is 14. The molecule has 0 amide bonds. The second-order valence-electron chi connectivity index (χ2n) is 12.4. The van der Waals surface area contributed by atoms with Gasteiger partial charge in [0.2, 0.25) is 0 Å². The second-order valence-corrected chi connectivity index (χ2v) is 31.3. The Morgan fingerprint density at radius 3 is 1.25 bits per heavy atom. The molecule has 0 N–H and O–H groups in total. The van der Waals surface area contributed by atoms with E-state index in [4.69, 9.17) is 0 Å². The molecule has 216 valence electrons. The third-order valence-corrected chi connectivity index (χ3v) is 16.1. The molecule has 4 aliphatic rings. The van der Waals surface area contributed by atoms with E-state index in [1.807, 2.05) is 0 Å². The fraction of sp³-hybridized carbons (Fsp3) is 0.500. The largest absolute Gasteiger partial charge is 2.00 e. The molecule has 2 unspecified atom stereocenters. The van der Waals surface area contributed by atoms with Gasteiger partial charge in [-0.1, -0.05) is 86.9 Å². The van der Waals surface area contributed by atoms with Gasteiger partial charge in [-0.05, 0) is 39.5 Å². The number of hydrogen-bond donors (Lipinski definition) is 0. The summed E-state index contributed by atoms with van der Waals surface area (Å²) in [5.74, 6) is 0. The summed E-state index contributed by atoms with van der Waals surface area (Å²) < 4.78 is 0.576. The molecule has 0 aliphatic heterocycles. The molecule has 0 spiro atoms. The van der Waals surface area contributed by atoms with Crippen molar-refractivity contribution in [1.82, 2.24) is 0 Å². The zero-order chi connectivity index (χ0) is 26.5. The second kappa shape index (κ2) is 18.8. The molecule has 0 aromatic carbocycles. The first kappa shape index (κ1) is 43.2. The van der Waals surface area contributed by atoms with Gasteiger partial charge >= 0.3 is 43.4 Å². The zero-order valence-electron chi connectivity index (χ0n) is 25.6. The fourth-order valence-corrected chi connectivity index (χ4v) is 17.8. The topological polar surface area (TPSA) is 0 Å². The van der Waals surface area contributed by atoms with Gasteiger partial charge in [-0.2, -0.15) is 34.6 Å². The van der Waals surface area contributed by atoms with Gasteiger partial charge in [0.1, 0.15) is 14.4 Å². The third-order valence-electron chi connectivity index (χ3n) is 6.78. The number of halogens is 2. The van der Waals surface area contributed by atoms with E-state index >= 15 is 0 Å². The van der Waals surface area contributed by atoms with Gasteiger partial charge in [0.05, 0.1) is 0 Å².